The van der Waals surface area contributed by atoms with E-state index in [1.807, 2.05) is 13.9 Å². The summed E-state index contributed by atoms with van der Waals surface area (Å²) in [6, 6.07) is 0. The van der Waals surface area contributed by atoms with Crippen LogP contribution in [0, 0.1) is 0 Å². The van der Waals surface area contributed by atoms with E-state index in [-0.39, 0.29) is 0 Å². The molecule has 0 aromatic heterocycles. The molecule has 0 radical (unpaired) electrons. The van der Waals surface area contributed by atoms with Crippen molar-refractivity contribution < 1.29 is 0 Å². The molecule has 1 rings (SSSR count). The van der Waals surface area contributed by atoms with Crippen molar-refractivity contribution in [2.24, 2.45) is 0 Å². The van der Waals surface area contributed by atoms with Crippen LogP contribution in [0.25, 0.3) is 0 Å². The SMILES string of the molecule is BC1=C=C1. The highest BCUT2D eigenvalue weighted by Gasteiger charge is 1.82. The Morgan fingerprint density at radius 2 is 2.25 bits per heavy atom. The highest BCUT2D eigenvalue weighted by Crippen LogP contribution is 1.95. The molecule has 0 heterocycles. The predicted molar refractivity (Wildman–Crippen MR) is 20.1 cm³/mol. The van der Waals surface area contributed by atoms with Crippen molar-refractivity contribution >= 4 is 7.85 Å². The van der Waals surface area contributed by atoms with Gasteiger partial charge in [-0.1, -0.05) is 0 Å². The largest absolute Gasteiger partial charge is 0.150 e. The van der Waals surface area contributed by atoms with Gasteiger partial charge in [-0.05, 0) is 11.5 Å². The molecule has 0 bridgehead atoms. The second kappa shape index (κ2) is 0.309. The molecule has 0 aromatic carbocycles. The minimum absolute atomic E-state index is 1.29. The minimum atomic E-state index is 1.29. The molecular weight excluding hydrogens is 46.8 g/mol. The van der Waals surface area contributed by atoms with Gasteiger partial charge in [-0.2, -0.15) is 0 Å². The van der Waals surface area contributed by atoms with Crippen LogP contribution in [0.15, 0.2) is 17.3 Å². The molecule has 18 valence electrons. The summed E-state index contributed by atoms with van der Waals surface area (Å²) >= 11 is 0. The number of hydrogen-bond donors (Lipinski definition) is 0. The van der Waals surface area contributed by atoms with Crippen LogP contribution in [-0.2, 0) is 0 Å². The van der Waals surface area contributed by atoms with E-state index in [0.717, 1.165) is 0 Å². The Bertz CT molecular complexity index is 85.5. The highest BCUT2D eigenvalue weighted by atomic mass is 13.8. The molecule has 0 aromatic rings. The zero-order chi connectivity index (χ0) is 2.99. The Hall–Kier alpha value is -0.415. The first kappa shape index (κ1) is 1.86. The number of rotatable bonds is 0. The third-order valence-corrected chi connectivity index (χ3v) is 0.433. The summed E-state index contributed by atoms with van der Waals surface area (Å²) in [4.78, 5) is 0. The van der Waals surface area contributed by atoms with Crippen molar-refractivity contribution in [2.75, 3.05) is 0 Å². The molecule has 1 aliphatic carbocycles. The van der Waals surface area contributed by atoms with E-state index in [0.29, 0.717) is 0 Å². The van der Waals surface area contributed by atoms with Crippen LogP contribution in [0.4, 0.5) is 0 Å². The van der Waals surface area contributed by atoms with Crippen molar-refractivity contribution in [1.82, 2.24) is 0 Å². The van der Waals surface area contributed by atoms with E-state index < -0.39 is 0 Å². The fourth-order valence-corrected chi connectivity index (χ4v) is 0.0722. The Morgan fingerprint density at radius 3 is 2.25 bits per heavy atom. The average Bonchev–Trinajstić information content (AvgIpc) is 1.75. The van der Waals surface area contributed by atoms with Gasteiger partial charge in [0, 0.05) is 0 Å². The highest BCUT2D eigenvalue weighted by molar-refractivity contribution is 6.25. The summed E-state index contributed by atoms with van der Waals surface area (Å²) in [6.45, 7) is 0. The lowest BCUT2D eigenvalue weighted by atomic mass is 10.1. The summed E-state index contributed by atoms with van der Waals surface area (Å²) in [6.07, 6.45) is 1.96. The molecular formula is C3H3B. The third-order valence-electron chi connectivity index (χ3n) is 0.433. The van der Waals surface area contributed by atoms with Crippen molar-refractivity contribution in [3.8, 4) is 0 Å². The molecule has 0 N–H and O–H groups in total. The van der Waals surface area contributed by atoms with Gasteiger partial charge in [-0.15, -0.1) is 5.73 Å². The van der Waals surface area contributed by atoms with Crippen molar-refractivity contribution in [3.05, 3.63) is 17.3 Å². The molecule has 0 nitrogen and oxygen atoms in total. The maximum Gasteiger partial charge on any atom is 0.150 e. The zero-order valence-corrected chi connectivity index (χ0v) is 2.58. The first-order valence-corrected chi connectivity index (χ1v) is 1.33. The van der Waals surface area contributed by atoms with Gasteiger partial charge in [0.1, 0.15) is 7.85 Å². The third kappa shape index (κ3) is 0.0812. The van der Waals surface area contributed by atoms with Crippen molar-refractivity contribution in [1.29, 1.82) is 0 Å². The topological polar surface area (TPSA) is 0 Å². The average molecular weight is 49.9 g/mol. The Kier molecular flexibility index (Phi) is 0.144. The molecule has 0 spiro atoms. The molecule has 0 unspecified atom stereocenters. The van der Waals surface area contributed by atoms with Crippen molar-refractivity contribution in [2.45, 2.75) is 0 Å². The first-order chi connectivity index (χ1) is 1.89. The Balaban J connectivity index is 2.75. The smallest absolute Gasteiger partial charge is 0.127 e. The fraction of sp³-hybridized carbons (Fsp3) is 0. The zero-order valence-electron chi connectivity index (χ0n) is 2.58. The Morgan fingerprint density at radius 1 is 2.00 bits per heavy atom. The van der Waals surface area contributed by atoms with E-state index in [4.69, 9.17) is 0 Å². The van der Waals surface area contributed by atoms with Gasteiger partial charge in [-0.3, -0.25) is 0 Å². The summed E-state index contributed by atoms with van der Waals surface area (Å²) < 4.78 is 0. The lowest BCUT2D eigenvalue weighted by Gasteiger charge is -1.43. The molecule has 0 aliphatic heterocycles. The quantitative estimate of drug-likeness (QED) is 0.260. The lowest BCUT2D eigenvalue weighted by molar-refractivity contribution is 2.35. The van der Waals surface area contributed by atoms with Crippen LogP contribution in [0.2, 0.25) is 0 Å². The van der Waals surface area contributed by atoms with Crippen LogP contribution < -0.4 is 0 Å². The van der Waals surface area contributed by atoms with Crippen LogP contribution in [-0.4, -0.2) is 7.85 Å². The van der Waals surface area contributed by atoms with Gasteiger partial charge in [0.25, 0.3) is 0 Å². The second-order valence-corrected chi connectivity index (χ2v) is 0.972. The summed E-state index contributed by atoms with van der Waals surface area (Å²) in [5.74, 6) is 0. The normalized spacial score (nSPS) is 15.5. The maximum absolute atomic E-state index is 2.89. The van der Waals surface area contributed by atoms with Crippen LogP contribution in [0.3, 0.4) is 0 Å². The summed E-state index contributed by atoms with van der Waals surface area (Å²) in [5, 5.41) is 0. The molecule has 0 amide bonds. The van der Waals surface area contributed by atoms with E-state index in [2.05, 4.69) is 5.73 Å². The van der Waals surface area contributed by atoms with Gasteiger partial charge in [0.05, 0.1) is 0 Å². The van der Waals surface area contributed by atoms with Crippen LogP contribution in [0.5, 0.6) is 0 Å². The molecule has 0 fully saturated rings. The molecule has 1 heteroatoms. The van der Waals surface area contributed by atoms with E-state index in [1.54, 1.807) is 0 Å². The summed E-state index contributed by atoms with van der Waals surface area (Å²) in [7, 11) is 2.03. The first-order valence-electron chi connectivity index (χ1n) is 1.33. The van der Waals surface area contributed by atoms with E-state index in [1.165, 1.54) is 5.47 Å². The van der Waals surface area contributed by atoms with Gasteiger partial charge in [-0.25, -0.2) is 0 Å². The minimum Gasteiger partial charge on any atom is -0.127 e. The van der Waals surface area contributed by atoms with Gasteiger partial charge < -0.3 is 0 Å². The maximum atomic E-state index is 2.89. The van der Waals surface area contributed by atoms with E-state index >= 15 is 0 Å². The Labute approximate surface area is 26.2 Å². The van der Waals surface area contributed by atoms with Gasteiger partial charge in [0.2, 0.25) is 0 Å². The monoisotopic (exact) mass is 50.0 g/mol. The molecule has 0 saturated carbocycles. The predicted octanol–water partition coefficient (Wildman–Crippen LogP) is -0.328. The van der Waals surface area contributed by atoms with Crippen molar-refractivity contribution in [3.63, 3.8) is 0 Å². The van der Waals surface area contributed by atoms with Gasteiger partial charge in [0.15, 0.2) is 0 Å². The van der Waals surface area contributed by atoms with Crippen LogP contribution >= 0.6 is 0 Å². The number of allylic oxidation sites excluding steroid dienone is 1. The lowest BCUT2D eigenvalue weighted by Crippen LogP contribution is -1.45. The number of hydrogen-bond acceptors (Lipinski definition) is 0. The standard InChI is InChI=1S/C3H3B/c4-3-1-2-3/h1H,4H2. The molecule has 0 saturated heterocycles. The van der Waals surface area contributed by atoms with Crippen LogP contribution in [0.1, 0.15) is 0 Å². The molecule has 4 heavy (non-hydrogen) atoms. The molecule has 0 atom stereocenters. The summed E-state index contributed by atoms with van der Waals surface area (Å²) in [5.41, 5.74) is 4.18. The van der Waals surface area contributed by atoms with Gasteiger partial charge >= 0.3 is 0 Å². The molecule has 1 aliphatic rings. The second-order valence-electron chi connectivity index (χ2n) is 0.972. The fourth-order valence-electron chi connectivity index (χ4n) is 0.0722. The van der Waals surface area contributed by atoms with E-state index in [9.17, 15) is 0 Å².